The molecule has 1 saturated heterocycles. The maximum atomic E-state index is 13.1. The molecule has 0 radical (unpaired) electrons. The van der Waals surface area contributed by atoms with Gasteiger partial charge in [0.25, 0.3) is 0 Å². The minimum absolute atomic E-state index is 0.174. The lowest BCUT2D eigenvalue weighted by atomic mass is 9.95. The maximum absolute atomic E-state index is 13.1. The average Bonchev–Trinajstić information content (AvgIpc) is 2.77. The molecule has 1 aliphatic rings. The third kappa shape index (κ3) is 3.72. The zero-order valence-electron chi connectivity index (χ0n) is 10.6. The number of rotatable bonds is 5. The lowest BCUT2D eigenvalue weighted by Gasteiger charge is -2.20. The van der Waals surface area contributed by atoms with E-state index < -0.39 is 0 Å². The Hall–Kier alpha value is -0.0600. The van der Waals surface area contributed by atoms with Crippen molar-refractivity contribution in [2.45, 2.75) is 25.8 Å². The molecule has 2 unspecified atom stereocenters. The van der Waals surface area contributed by atoms with Gasteiger partial charge in [-0.3, -0.25) is 0 Å². The molecule has 4 heteroatoms. The van der Waals surface area contributed by atoms with Gasteiger partial charge in [0.1, 0.15) is 5.82 Å². The molecule has 0 aliphatic carbocycles. The normalized spacial score (nSPS) is 23.5. The van der Waals surface area contributed by atoms with Gasteiger partial charge in [-0.25, -0.2) is 4.39 Å². The fraction of sp³-hybridized carbons (Fsp3) is 0.571. The van der Waals surface area contributed by atoms with E-state index in [2.05, 4.69) is 28.2 Å². The first kappa shape index (κ1) is 14.4. The molecule has 1 fully saturated rings. The number of nitrogens with one attached hydrogen (secondary N) is 1. The van der Waals surface area contributed by atoms with Crippen LogP contribution < -0.4 is 5.32 Å². The second-order valence-corrected chi connectivity index (χ2v) is 6.73. The Kier molecular flexibility index (Phi) is 5.52. The van der Waals surface area contributed by atoms with Gasteiger partial charge in [0.15, 0.2) is 0 Å². The van der Waals surface area contributed by atoms with Crippen LogP contribution in [0, 0.1) is 11.7 Å². The molecule has 1 heterocycles. The van der Waals surface area contributed by atoms with Gasteiger partial charge in [-0.15, -0.1) is 0 Å². The van der Waals surface area contributed by atoms with Crippen LogP contribution in [-0.2, 0) is 6.42 Å². The molecule has 1 aromatic carbocycles. The third-order valence-electron chi connectivity index (χ3n) is 3.35. The third-order valence-corrected chi connectivity index (χ3v) is 5.35. The van der Waals surface area contributed by atoms with Crippen molar-refractivity contribution in [2.24, 2.45) is 5.92 Å². The Morgan fingerprint density at radius 2 is 2.28 bits per heavy atom. The molecule has 0 bridgehead atoms. The molecule has 1 N–H and O–H groups in total. The topological polar surface area (TPSA) is 12.0 Å². The zero-order chi connectivity index (χ0) is 13.0. The largest absolute Gasteiger partial charge is 0.313 e. The smallest absolute Gasteiger partial charge is 0.124 e. The molecule has 2 rings (SSSR count). The molecule has 0 amide bonds. The summed E-state index contributed by atoms with van der Waals surface area (Å²) in [5.74, 6) is 2.88. The van der Waals surface area contributed by atoms with Gasteiger partial charge in [0.05, 0.1) is 0 Å². The highest BCUT2D eigenvalue weighted by atomic mass is 79.9. The van der Waals surface area contributed by atoms with Gasteiger partial charge in [0, 0.05) is 16.3 Å². The Balaban J connectivity index is 1.99. The second kappa shape index (κ2) is 6.92. The van der Waals surface area contributed by atoms with Crippen LogP contribution in [-0.4, -0.2) is 24.1 Å². The van der Waals surface area contributed by atoms with E-state index in [-0.39, 0.29) is 5.82 Å². The summed E-state index contributed by atoms with van der Waals surface area (Å²) in [7, 11) is 0. The van der Waals surface area contributed by atoms with Gasteiger partial charge < -0.3 is 5.32 Å². The van der Waals surface area contributed by atoms with E-state index in [1.807, 2.05) is 17.8 Å². The van der Waals surface area contributed by atoms with Gasteiger partial charge in [-0.05, 0) is 48.8 Å². The molecule has 0 spiro atoms. The first-order chi connectivity index (χ1) is 8.70. The zero-order valence-corrected chi connectivity index (χ0v) is 13.0. The number of hydrogen-bond acceptors (Lipinski definition) is 2. The molecule has 100 valence electrons. The molecular weight excluding hydrogens is 313 g/mol. The van der Waals surface area contributed by atoms with Crippen molar-refractivity contribution >= 4 is 27.7 Å². The summed E-state index contributed by atoms with van der Waals surface area (Å²) < 4.78 is 14.0. The highest BCUT2D eigenvalue weighted by molar-refractivity contribution is 9.10. The molecule has 2 atom stereocenters. The van der Waals surface area contributed by atoms with Crippen LogP contribution in [0.4, 0.5) is 4.39 Å². The minimum Gasteiger partial charge on any atom is -0.313 e. The van der Waals surface area contributed by atoms with E-state index in [1.165, 1.54) is 23.5 Å². The van der Waals surface area contributed by atoms with E-state index in [1.54, 1.807) is 12.1 Å². The van der Waals surface area contributed by atoms with Gasteiger partial charge in [-0.1, -0.05) is 28.9 Å². The number of benzene rings is 1. The minimum atomic E-state index is -0.174. The molecule has 18 heavy (non-hydrogen) atoms. The van der Waals surface area contributed by atoms with E-state index in [0.29, 0.717) is 12.0 Å². The summed E-state index contributed by atoms with van der Waals surface area (Å²) in [6.07, 6.45) is 2.20. The van der Waals surface area contributed by atoms with Crippen LogP contribution >= 0.6 is 27.7 Å². The maximum Gasteiger partial charge on any atom is 0.124 e. The molecule has 1 aliphatic heterocycles. The Labute approximate surface area is 121 Å². The summed E-state index contributed by atoms with van der Waals surface area (Å²) in [5.41, 5.74) is 1.21. The highest BCUT2D eigenvalue weighted by Crippen LogP contribution is 2.30. The predicted octanol–water partition coefficient (Wildman–Crippen LogP) is 3.86. The van der Waals surface area contributed by atoms with Crippen LogP contribution in [0.15, 0.2) is 22.7 Å². The van der Waals surface area contributed by atoms with Gasteiger partial charge in [-0.2, -0.15) is 11.8 Å². The molecular formula is C14H19BrFNS. The van der Waals surface area contributed by atoms with Crippen LogP contribution in [0.1, 0.15) is 18.9 Å². The molecule has 1 aromatic rings. The fourth-order valence-corrected chi connectivity index (χ4v) is 4.27. The Morgan fingerprint density at radius 1 is 1.44 bits per heavy atom. The summed E-state index contributed by atoms with van der Waals surface area (Å²) in [6.45, 7) is 3.28. The number of thioether (sulfide) groups is 1. The quantitative estimate of drug-likeness (QED) is 0.879. The summed E-state index contributed by atoms with van der Waals surface area (Å²) in [6, 6.07) is 5.62. The average molecular weight is 332 g/mol. The van der Waals surface area contributed by atoms with E-state index in [0.717, 1.165) is 17.4 Å². The van der Waals surface area contributed by atoms with Crippen LogP contribution in [0.3, 0.4) is 0 Å². The van der Waals surface area contributed by atoms with E-state index in [9.17, 15) is 4.39 Å². The summed E-state index contributed by atoms with van der Waals surface area (Å²) in [5, 5.41) is 3.62. The number of halogens is 2. The van der Waals surface area contributed by atoms with Crippen LogP contribution in [0.5, 0.6) is 0 Å². The first-order valence-electron chi connectivity index (χ1n) is 6.45. The predicted molar refractivity (Wildman–Crippen MR) is 80.7 cm³/mol. The first-order valence-corrected chi connectivity index (χ1v) is 8.40. The second-order valence-electron chi connectivity index (χ2n) is 4.80. The lowest BCUT2D eigenvalue weighted by molar-refractivity contribution is 0.424. The Morgan fingerprint density at radius 3 is 3.00 bits per heavy atom. The molecule has 0 aromatic heterocycles. The fourth-order valence-electron chi connectivity index (χ4n) is 2.32. The van der Waals surface area contributed by atoms with Crippen molar-refractivity contribution < 1.29 is 4.39 Å². The standard InChI is InChI=1S/C14H19BrFNS/c1-2-5-17-14-9-18-8-11(14)6-10-3-4-12(16)7-13(10)15/h3-4,7,11,14,17H,2,5-6,8-9H2,1H3. The van der Waals surface area contributed by atoms with E-state index >= 15 is 0 Å². The number of hydrogen-bond donors (Lipinski definition) is 1. The van der Waals surface area contributed by atoms with Gasteiger partial charge in [0.2, 0.25) is 0 Å². The summed E-state index contributed by atoms with van der Waals surface area (Å²) in [4.78, 5) is 0. The van der Waals surface area contributed by atoms with Crippen LogP contribution in [0.25, 0.3) is 0 Å². The monoisotopic (exact) mass is 331 g/mol. The van der Waals surface area contributed by atoms with Crippen molar-refractivity contribution in [3.05, 3.63) is 34.1 Å². The molecule has 1 nitrogen and oxygen atoms in total. The van der Waals surface area contributed by atoms with E-state index in [4.69, 9.17) is 0 Å². The van der Waals surface area contributed by atoms with Crippen molar-refractivity contribution in [2.75, 3.05) is 18.1 Å². The SMILES string of the molecule is CCCNC1CSCC1Cc1ccc(F)cc1Br. The molecule has 0 saturated carbocycles. The van der Waals surface area contributed by atoms with Crippen molar-refractivity contribution in [3.63, 3.8) is 0 Å². The van der Waals surface area contributed by atoms with Crippen molar-refractivity contribution in [3.8, 4) is 0 Å². The van der Waals surface area contributed by atoms with Crippen LogP contribution in [0.2, 0.25) is 0 Å². The Bertz CT molecular complexity index is 399. The van der Waals surface area contributed by atoms with Crippen molar-refractivity contribution in [1.82, 2.24) is 5.32 Å². The highest BCUT2D eigenvalue weighted by Gasteiger charge is 2.27. The summed E-state index contributed by atoms with van der Waals surface area (Å²) >= 11 is 5.48. The van der Waals surface area contributed by atoms with Gasteiger partial charge >= 0.3 is 0 Å². The van der Waals surface area contributed by atoms with Crippen molar-refractivity contribution in [1.29, 1.82) is 0 Å². The lowest BCUT2D eigenvalue weighted by Crippen LogP contribution is -2.36.